The van der Waals surface area contributed by atoms with Crippen LogP contribution in [0.15, 0.2) is 34.1 Å². The minimum Gasteiger partial charge on any atom is -0.508 e. The van der Waals surface area contributed by atoms with Gasteiger partial charge in [0.15, 0.2) is 5.82 Å². The monoisotopic (exact) mass is 373 g/mol. The van der Waals surface area contributed by atoms with Gasteiger partial charge in [0.05, 0.1) is 27.5 Å². The Bertz CT molecular complexity index is 911. The summed E-state index contributed by atoms with van der Waals surface area (Å²) in [6.45, 7) is 6.80. The number of aromatic amines is 1. The fraction of sp³-hybridized carbons (Fsp3) is 0.474. The van der Waals surface area contributed by atoms with Crippen LogP contribution >= 0.6 is 11.8 Å². The van der Waals surface area contributed by atoms with Gasteiger partial charge in [-0.05, 0) is 51.3 Å². The van der Waals surface area contributed by atoms with E-state index in [-0.39, 0.29) is 28.2 Å². The van der Waals surface area contributed by atoms with Crippen molar-refractivity contribution in [2.45, 2.75) is 50.5 Å². The van der Waals surface area contributed by atoms with Crippen molar-refractivity contribution in [3.8, 4) is 5.75 Å². The number of H-pyrrole nitrogens is 1. The molecule has 3 heterocycles. The maximum absolute atomic E-state index is 12.8. The van der Waals surface area contributed by atoms with Crippen molar-refractivity contribution in [2.75, 3.05) is 6.61 Å². The molecular formula is C19H23N3O3S. The van der Waals surface area contributed by atoms with E-state index in [1.54, 1.807) is 23.9 Å². The largest absolute Gasteiger partial charge is 0.508 e. The number of fused-ring (bicyclic) bond motifs is 1. The molecule has 2 aromatic rings. The smallest absolute Gasteiger partial charge is 0.271 e. The summed E-state index contributed by atoms with van der Waals surface area (Å²) in [7, 11) is 0. The lowest BCUT2D eigenvalue weighted by Crippen LogP contribution is -2.35. The Balaban J connectivity index is 1.79. The number of phenols is 1. The standard InChI is InChI=1S/C19H23N3O3S/c1-11-20-17-15(16(26-11)12-4-6-14(23)7-5-12)18(24)21-22(17)13-8-9-25-19(2,3)10-13/h4-7,13,16,23H,8-10H2,1-3H3,(H,21,24)/t13-,16-/m0/s1. The number of rotatable bonds is 2. The molecule has 1 aromatic carbocycles. The summed E-state index contributed by atoms with van der Waals surface area (Å²) in [4.78, 5) is 17.5. The summed E-state index contributed by atoms with van der Waals surface area (Å²) in [5.41, 5.74) is 1.37. The van der Waals surface area contributed by atoms with Gasteiger partial charge < -0.3 is 9.84 Å². The predicted molar refractivity (Wildman–Crippen MR) is 104 cm³/mol. The summed E-state index contributed by atoms with van der Waals surface area (Å²) in [6.07, 6.45) is 1.68. The van der Waals surface area contributed by atoms with Crippen LogP contribution in [-0.4, -0.2) is 32.1 Å². The Morgan fingerprint density at radius 3 is 2.77 bits per heavy atom. The second kappa shape index (κ2) is 6.32. The van der Waals surface area contributed by atoms with E-state index in [4.69, 9.17) is 9.73 Å². The minimum absolute atomic E-state index is 0.0916. The van der Waals surface area contributed by atoms with E-state index in [9.17, 15) is 9.90 Å². The zero-order valence-electron chi connectivity index (χ0n) is 15.2. The van der Waals surface area contributed by atoms with Gasteiger partial charge in [-0.15, -0.1) is 0 Å². The van der Waals surface area contributed by atoms with Gasteiger partial charge in [-0.1, -0.05) is 23.9 Å². The van der Waals surface area contributed by atoms with Crippen LogP contribution in [0.2, 0.25) is 0 Å². The first-order valence-electron chi connectivity index (χ1n) is 8.83. The zero-order valence-corrected chi connectivity index (χ0v) is 16.0. The van der Waals surface area contributed by atoms with Crippen LogP contribution in [-0.2, 0) is 4.74 Å². The third kappa shape index (κ3) is 3.10. The lowest BCUT2D eigenvalue weighted by molar-refractivity contribution is -0.0705. The van der Waals surface area contributed by atoms with E-state index < -0.39 is 0 Å². The van der Waals surface area contributed by atoms with Crippen LogP contribution in [0.4, 0.5) is 5.82 Å². The van der Waals surface area contributed by atoms with E-state index in [2.05, 4.69) is 18.9 Å². The summed E-state index contributed by atoms with van der Waals surface area (Å²) < 4.78 is 7.76. The van der Waals surface area contributed by atoms with Crippen LogP contribution < -0.4 is 5.56 Å². The van der Waals surface area contributed by atoms with E-state index in [1.807, 2.05) is 23.7 Å². The molecule has 4 rings (SSSR count). The molecule has 0 saturated carbocycles. The van der Waals surface area contributed by atoms with Crippen LogP contribution in [0.1, 0.15) is 56.0 Å². The molecule has 0 aliphatic carbocycles. The summed E-state index contributed by atoms with van der Waals surface area (Å²) in [5.74, 6) is 0.947. The van der Waals surface area contributed by atoms with E-state index in [0.29, 0.717) is 12.2 Å². The molecule has 1 aromatic heterocycles. The molecular weight excluding hydrogens is 350 g/mol. The van der Waals surface area contributed by atoms with Crippen molar-refractivity contribution < 1.29 is 9.84 Å². The van der Waals surface area contributed by atoms with Crippen molar-refractivity contribution in [1.82, 2.24) is 9.78 Å². The highest BCUT2D eigenvalue weighted by Crippen LogP contribution is 2.45. The number of ether oxygens (including phenoxy) is 1. The van der Waals surface area contributed by atoms with Crippen molar-refractivity contribution in [3.63, 3.8) is 0 Å². The summed E-state index contributed by atoms with van der Waals surface area (Å²) in [5, 5.41) is 13.4. The van der Waals surface area contributed by atoms with Crippen LogP contribution in [0.3, 0.4) is 0 Å². The topological polar surface area (TPSA) is 79.6 Å². The molecule has 1 saturated heterocycles. The quantitative estimate of drug-likeness (QED) is 0.837. The second-order valence-electron chi connectivity index (χ2n) is 7.52. The fourth-order valence-corrected chi connectivity index (χ4v) is 4.88. The van der Waals surface area contributed by atoms with Gasteiger partial charge in [-0.3, -0.25) is 14.6 Å². The Morgan fingerprint density at radius 2 is 2.08 bits per heavy atom. The molecule has 2 atom stereocenters. The number of phenolic OH excluding ortho intramolecular Hbond substituents is 1. The van der Waals surface area contributed by atoms with E-state index in [0.717, 1.165) is 29.3 Å². The highest BCUT2D eigenvalue weighted by molar-refractivity contribution is 8.14. The van der Waals surface area contributed by atoms with Gasteiger partial charge in [0, 0.05) is 6.61 Å². The number of benzene rings is 1. The fourth-order valence-electron chi connectivity index (χ4n) is 3.78. The molecule has 0 radical (unpaired) electrons. The molecule has 1 fully saturated rings. The number of hydrogen-bond acceptors (Lipinski definition) is 5. The summed E-state index contributed by atoms with van der Waals surface area (Å²) >= 11 is 1.57. The molecule has 2 aliphatic rings. The number of aromatic nitrogens is 2. The lowest BCUT2D eigenvalue weighted by atomic mass is 9.94. The van der Waals surface area contributed by atoms with Gasteiger partial charge in [-0.25, -0.2) is 4.99 Å². The first-order chi connectivity index (χ1) is 12.3. The van der Waals surface area contributed by atoms with Crippen molar-refractivity contribution in [3.05, 3.63) is 45.7 Å². The molecule has 26 heavy (non-hydrogen) atoms. The molecule has 2 N–H and O–H groups in total. The molecule has 0 spiro atoms. The van der Waals surface area contributed by atoms with Crippen LogP contribution in [0.5, 0.6) is 5.75 Å². The lowest BCUT2D eigenvalue weighted by Gasteiger charge is -2.36. The SMILES string of the molecule is CC1=Nc2c(c(=O)[nH]n2[C@H]2CCOC(C)(C)C2)[C@H](c2ccc(O)cc2)S1. The average molecular weight is 373 g/mol. The molecule has 2 aliphatic heterocycles. The third-order valence-electron chi connectivity index (χ3n) is 4.98. The van der Waals surface area contributed by atoms with Crippen molar-refractivity contribution >= 4 is 22.6 Å². The Hall–Kier alpha value is -1.99. The maximum atomic E-state index is 12.8. The van der Waals surface area contributed by atoms with Crippen molar-refractivity contribution in [1.29, 1.82) is 0 Å². The molecule has 0 unspecified atom stereocenters. The number of thioether (sulfide) groups is 1. The molecule has 0 bridgehead atoms. The molecule has 0 amide bonds. The second-order valence-corrected chi connectivity index (χ2v) is 8.82. The van der Waals surface area contributed by atoms with Gasteiger partial charge >= 0.3 is 0 Å². The predicted octanol–water partition coefficient (Wildman–Crippen LogP) is 3.90. The Kier molecular flexibility index (Phi) is 4.23. The molecule has 7 heteroatoms. The molecule has 6 nitrogen and oxygen atoms in total. The third-order valence-corrected chi connectivity index (χ3v) is 6.16. The molecule has 138 valence electrons. The van der Waals surface area contributed by atoms with E-state index >= 15 is 0 Å². The number of nitrogens with one attached hydrogen (secondary N) is 1. The van der Waals surface area contributed by atoms with Gasteiger partial charge in [0.25, 0.3) is 5.56 Å². The number of hydrogen-bond donors (Lipinski definition) is 2. The zero-order chi connectivity index (χ0) is 18.5. The van der Waals surface area contributed by atoms with Gasteiger partial charge in [-0.2, -0.15) is 0 Å². The number of aliphatic imine (C=N–C) groups is 1. The highest BCUT2D eigenvalue weighted by atomic mass is 32.2. The highest BCUT2D eigenvalue weighted by Gasteiger charge is 2.35. The van der Waals surface area contributed by atoms with Crippen molar-refractivity contribution in [2.24, 2.45) is 4.99 Å². The van der Waals surface area contributed by atoms with Crippen LogP contribution in [0.25, 0.3) is 0 Å². The first kappa shape index (κ1) is 17.4. The van der Waals surface area contributed by atoms with Gasteiger partial charge in [0.2, 0.25) is 0 Å². The minimum atomic E-state index is -0.213. The van der Waals surface area contributed by atoms with E-state index in [1.165, 1.54) is 0 Å². The number of nitrogens with zero attached hydrogens (tertiary/aromatic N) is 2. The normalized spacial score (nSPS) is 24.8. The average Bonchev–Trinajstić information content (AvgIpc) is 2.91. The maximum Gasteiger partial charge on any atom is 0.271 e. The number of aromatic hydroxyl groups is 1. The van der Waals surface area contributed by atoms with Crippen LogP contribution in [0, 0.1) is 0 Å². The van der Waals surface area contributed by atoms with Gasteiger partial charge in [0.1, 0.15) is 5.75 Å². The Morgan fingerprint density at radius 1 is 1.35 bits per heavy atom. The Labute approximate surface area is 156 Å². The summed E-state index contributed by atoms with van der Waals surface area (Å²) in [6, 6.07) is 7.20. The first-order valence-corrected chi connectivity index (χ1v) is 9.71.